The van der Waals surface area contributed by atoms with Crippen molar-refractivity contribution >= 4 is 5.97 Å². The lowest BCUT2D eigenvalue weighted by atomic mass is 9.60. The average Bonchev–Trinajstić information content (AvgIpc) is 3.00. The van der Waals surface area contributed by atoms with E-state index in [2.05, 4.69) is 27.7 Å². The van der Waals surface area contributed by atoms with Gasteiger partial charge in [-0.2, -0.15) is 0 Å². The fraction of sp³-hybridized carbons (Fsp3) is 0.880. The lowest BCUT2D eigenvalue weighted by Crippen LogP contribution is -2.36. The van der Waals surface area contributed by atoms with E-state index in [-0.39, 0.29) is 11.6 Å². The number of allylic oxidation sites excluding steroid dienone is 1. The summed E-state index contributed by atoms with van der Waals surface area (Å²) in [7, 11) is 0. The van der Waals surface area contributed by atoms with E-state index in [9.17, 15) is 4.79 Å². The van der Waals surface area contributed by atoms with Gasteiger partial charge >= 0.3 is 5.97 Å². The second-order valence-electron chi connectivity index (χ2n) is 9.95. The van der Waals surface area contributed by atoms with Crippen molar-refractivity contribution in [2.45, 2.75) is 98.5 Å². The maximum Gasteiger partial charge on any atom is 0.330 e. The Morgan fingerprint density at radius 3 is 2.72 bits per heavy atom. The first-order chi connectivity index (χ1) is 13.7. The average molecular weight is 409 g/mol. The Balaban J connectivity index is 1.92. The zero-order valence-corrected chi connectivity index (χ0v) is 19.7. The zero-order chi connectivity index (χ0) is 21.5. The number of carbonyl (C=O) groups excluding carboxylic acids is 1. The van der Waals surface area contributed by atoms with Gasteiger partial charge in [-0.1, -0.05) is 32.3 Å². The molecule has 0 N–H and O–H groups in total. The number of hydrogen-bond donors (Lipinski definition) is 0. The monoisotopic (exact) mass is 408 g/mol. The molecule has 0 radical (unpaired) electrons. The molecule has 4 nitrogen and oxygen atoms in total. The number of ether oxygens (including phenoxy) is 3. The molecule has 0 aromatic heterocycles. The van der Waals surface area contributed by atoms with Crippen LogP contribution in [0.4, 0.5) is 0 Å². The SMILES string of the molecule is CCOCOC(C)(C)CCC[C@@H](C)[C@H]1CC[C@H]2/C(=C/C(=O)OCC)CCC[C@]12C. The minimum Gasteiger partial charge on any atom is -0.463 e. The van der Waals surface area contributed by atoms with Gasteiger partial charge in [0.05, 0.1) is 12.2 Å². The first-order valence-electron chi connectivity index (χ1n) is 11.8. The Hall–Kier alpha value is -0.870. The quantitative estimate of drug-likeness (QED) is 0.174. The van der Waals surface area contributed by atoms with Gasteiger partial charge in [-0.25, -0.2) is 4.79 Å². The Bertz CT molecular complexity index is 553. The summed E-state index contributed by atoms with van der Waals surface area (Å²) in [6.07, 6.45) is 11.4. The van der Waals surface area contributed by atoms with Crippen LogP contribution in [0.3, 0.4) is 0 Å². The molecule has 0 heterocycles. The summed E-state index contributed by atoms with van der Waals surface area (Å²) in [5, 5.41) is 0. The fourth-order valence-electron chi connectivity index (χ4n) is 5.93. The van der Waals surface area contributed by atoms with Crippen molar-refractivity contribution in [3.05, 3.63) is 11.6 Å². The summed E-state index contributed by atoms with van der Waals surface area (Å²) in [4.78, 5) is 12.0. The summed E-state index contributed by atoms with van der Waals surface area (Å²) in [6, 6.07) is 0. The normalized spacial score (nSPS) is 29.7. The highest BCUT2D eigenvalue weighted by Crippen LogP contribution is 2.59. The summed E-state index contributed by atoms with van der Waals surface area (Å²) in [5.74, 6) is 1.84. The molecule has 4 atom stereocenters. The van der Waals surface area contributed by atoms with Crippen LogP contribution >= 0.6 is 0 Å². The molecule has 0 spiro atoms. The summed E-state index contributed by atoms with van der Waals surface area (Å²) in [6.45, 7) is 14.7. The number of carbonyl (C=O) groups is 1. The minimum absolute atomic E-state index is 0.128. The van der Waals surface area contributed by atoms with E-state index in [1.165, 1.54) is 44.1 Å². The smallest absolute Gasteiger partial charge is 0.330 e. The molecule has 0 saturated heterocycles. The van der Waals surface area contributed by atoms with Crippen LogP contribution < -0.4 is 0 Å². The molecule has 2 aliphatic carbocycles. The standard InChI is InChI=1S/C25H44O4/c1-7-27-18-29-24(4,5)15-9-11-19(3)21-13-14-22-20(17-23(26)28-8-2)12-10-16-25(21,22)6/h17,19,21-22H,7-16,18H2,1-6H3/b20-17+/t19-,21-,22+,25-/m1/s1. The van der Waals surface area contributed by atoms with Crippen molar-refractivity contribution in [3.63, 3.8) is 0 Å². The first-order valence-corrected chi connectivity index (χ1v) is 11.8. The van der Waals surface area contributed by atoms with Crippen molar-refractivity contribution in [1.82, 2.24) is 0 Å². The highest BCUT2D eigenvalue weighted by Gasteiger charge is 2.50. The number of hydrogen-bond acceptors (Lipinski definition) is 4. The molecule has 0 amide bonds. The third-order valence-corrected chi connectivity index (χ3v) is 7.49. The van der Waals surface area contributed by atoms with Crippen LogP contribution in [0.2, 0.25) is 0 Å². The van der Waals surface area contributed by atoms with Gasteiger partial charge in [0.15, 0.2) is 0 Å². The Labute approximate surface area is 178 Å². The molecule has 2 aliphatic rings. The molecule has 29 heavy (non-hydrogen) atoms. The molecule has 2 rings (SSSR count). The molecule has 168 valence electrons. The van der Waals surface area contributed by atoms with Crippen molar-refractivity contribution in [2.24, 2.45) is 23.2 Å². The zero-order valence-electron chi connectivity index (χ0n) is 19.7. The summed E-state index contributed by atoms with van der Waals surface area (Å²) < 4.78 is 16.4. The molecular weight excluding hydrogens is 364 g/mol. The first kappa shape index (κ1) is 24.4. The van der Waals surface area contributed by atoms with Crippen LogP contribution in [0.1, 0.15) is 92.9 Å². The molecular formula is C25H44O4. The third-order valence-electron chi connectivity index (χ3n) is 7.49. The minimum atomic E-state index is -0.155. The van der Waals surface area contributed by atoms with E-state index in [4.69, 9.17) is 14.2 Å². The lowest BCUT2D eigenvalue weighted by Gasteiger charge is -2.44. The van der Waals surface area contributed by atoms with E-state index in [0.29, 0.717) is 37.3 Å². The Morgan fingerprint density at radius 2 is 2.03 bits per heavy atom. The maximum atomic E-state index is 12.0. The van der Waals surface area contributed by atoms with Crippen LogP contribution in [0.15, 0.2) is 11.6 Å². The number of fused-ring (bicyclic) bond motifs is 1. The van der Waals surface area contributed by atoms with Crippen LogP contribution in [-0.4, -0.2) is 31.6 Å². The van der Waals surface area contributed by atoms with Crippen molar-refractivity contribution in [1.29, 1.82) is 0 Å². The van der Waals surface area contributed by atoms with Crippen LogP contribution in [0.25, 0.3) is 0 Å². The lowest BCUT2D eigenvalue weighted by molar-refractivity contribution is -0.137. The van der Waals surface area contributed by atoms with E-state index >= 15 is 0 Å². The molecule has 2 saturated carbocycles. The van der Waals surface area contributed by atoms with Crippen LogP contribution in [0, 0.1) is 23.2 Å². The third kappa shape index (κ3) is 6.55. The highest BCUT2D eigenvalue weighted by molar-refractivity contribution is 5.83. The summed E-state index contributed by atoms with van der Waals surface area (Å²) in [5.41, 5.74) is 1.55. The fourth-order valence-corrected chi connectivity index (χ4v) is 5.93. The topological polar surface area (TPSA) is 44.8 Å². The molecule has 0 aliphatic heterocycles. The van der Waals surface area contributed by atoms with Crippen LogP contribution in [0.5, 0.6) is 0 Å². The number of rotatable bonds is 11. The highest BCUT2D eigenvalue weighted by atomic mass is 16.7. The second-order valence-corrected chi connectivity index (χ2v) is 9.95. The van der Waals surface area contributed by atoms with Crippen molar-refractivity contribution < 1.29 is 19.0 Å². The van der Waals surface area contributed by atoms with Crippen molar-refractivity contribution in [2.75, 3.05) is 20.0 Å². The Kier molecular flexibility index (Phi) is 9.21. The van der Waals surface area contributed by atoms with Gasteiger partial charge in [0.1, 0.15) is 6.79 Å². The van der Waals surface area contributed by atoms with E-state index in [0.717, 1.165) is 18.8 Å². The maximum absolute atomic E-state index is 12.0. The van der Waals surface area contributed by atoms with Gasteiger partial charge in [-0.05, 0) is 89.4 Å². The van der Waals surface area contributed by atoms with Crippen LogP contribution in [-0.2, 0) is 19.0 Å². The van der Waals surface area contributed by atoms with Gasteiger partial charge in [-0.3, -0.25) is 0 Å². The van der Waals surface area contributed by atoms with Gasteiger partial charge in [0.25, 0.3) is 0 Å². The van der Waals surface area contributed by atoms with Gasteiger partial charge in [0.2, 0.25) is 0 Å². The predicted molar refractivity (Wildman–Crippen MR) is 118 cm³/mol. The van der Waals surface area contributed by atoms with Crippen molar-refractivity contribution in [3.8, 4) is 0 Å². The molecule has 4 heteroatoms. The number of esters is 1. The summed E-state index contributed by atoms with van der Waals surface area (Å²) >= 11 is 0. The van der Waals surface area contributed by atoms with E-state index in [1.807, 2.05) is 19.9 Å². The molecule has 2 fully saturated rings. The van der Waals surface area contributed by atoms with E-state index < -0.39 is 0 Å². The van der Waals surface area contributed by atoms with Gasteiger partial charge < -0.3 is 14.2 Å². The molecule has 0 aromatic carbocycles. The van der Waals surface area contributed by atoms with Gasteiger partial charge in [0, 0.05) is 12.7 Å². The Morgan fingerprint density at radius 1 is 1.28 bits per heavy atom. The second kappa shape index (κ2) is 10.9. The predicted octanol–water partition coefficient (Wildman–Crippen LogP) is 6.29. The largest absolute Gasteiger partial charge is 0.463 e. The molecule has 0 bridgehead atoms. The van der Waals surface area contributed by atoms with E-state index in [1.54, 1.807) is 0 Å². The molecule has 0 aromatic rings. The van der Waals surface area contributed by atoms with Gasteiger partial charge in [-0.15, -0.1) is 0 Å². The molecule has 0 unspecified atom stereocenters.